The normalized spacial score (nSPS) is 12.7. The van der Waals surface area contributed by atoms with Gasteiger partial charge in [-0.2, -0.15) is 4.31 Å². The molecule has 20 heavy (non-hydrogen) atoms. The van der Waals surface area contributed by atoms with Crippen molar-refractivity contribution in [1.82, 2.24) is 4.31 Å². The van der Waals surface area contributed by atoms with Gasteiger partial charge in [0.2, 0.25) is 10.0 Å². The van der Waals surface area contributed by atoms with E-state index in [4.69, 9.17) is 5.73 Å². The van der Waals surface area contributed by atoms with E-state index >= 15 is 0 Å². The second-order valence-corrected chi connectivity index (χ2v) is 6.89. The van der Waals surface area contributed by atoms with Crippen LogP contribution in [0.25, 0.3) is 0 Å². The minimum absolute atomic E-state index is 0.162. The summed E-state index contributed by atoms with van der Waals surface area (Å²) in [6.07, 6.45) is 0. The van der Waals surface area contributed by atoms with Crippen molar-refractivity contribution in [3.63, 3.8) is 0 Å². The summed E-state index contributed by atoms with van der Waals surface area (Å²) in [5.41, 5.74) is 3.90. The summed E-state index contributed by atoms with van der Waals surface area (Å²) >= 11 is 0. The highest BCUT2D eigenvalue weighted by molar-refractivity contribution is 7.89. The van der Waals surface area contributed by atoms with Crippen molar-refractivity contribution < 1.29 is 18.4 Å². The fourth-order valence-corrected chi connectivity index (χ4v) is 2.98. The molecule has 1 aromatic rings. The molecule has 112 valence electrons. The van der Waals surface area contributed by atoms with Crippen molar-refractivity contribution in [2.24, 2.45) is 0 Å². The Kier molecular flexibility index (Phi) is 4.37. The number of anilines is 1. The third-order valence-electron chi connectivity index (χ3n) is 3.09. The fraction of sp³-hybridized carbons (Fsp3) is 0.455. The van der Waals surface area contributed by atoms with E-state index in [1.807, 2.05) is 0 Å². The monoisotopic (exact) mass is 303 g/mol. The van der Waals surface area contributed by atoms with Crippen LogP contribution < -0.4 is 5.73 Å². The number of nitrogens with zero attached hydrogens (tertiary/aromatic N) is 2. The van der Waals surface area contributed by atoms with Gasteiger partial charge >= 0.3 is 0 Å². The van der Waals surface area contributed by atoms with E-state index in [0.717, 1.165) is 22.5 Å². The predicted molar refractivity (Wildman–Crippen MR) is 73.6 cm³/mol. The number of nitro groups is 1. The number of hydrogen-bond donors (Lipinski definition) is 2. The first-order valence-corrected chi connectivity index (χ1v) is 7.12. The SMILES string of the molecule is CN(C(C)(C)CO)S(=O)(=O)c1ccc([N+](=O)[O-])c(N)c1. The van der Waals surface area contributed by atoms with E-state index in [1.54, 1.807) is 13.8 Å². The summed E-state index contributed by atoms with van der Waals surface area (Å²) in [6, 6.07) is 3.20. The van der Waals surface area contributed by atoms with E-state index in [0.29, 0.717) is 0 Å². The molecule has 0 aliphatic heterocycles. The van der Waals surface area contributed by atoms with E-state index < -0.39 is 20.5 Å². The van der Waals surface area contributed by atoms with Gasteiger partial charge in [0.1, 0.15) is 5.69 Å². The standard InChI is InChI=1S/C11H17N3O5S/c1-11(2,7-15)13(3)20(18,19)8-4-5-10(14(16)17)9(12)6-8/h4-6,15H,7,12H2,1-3H3. The zero-order chi connectivity index (χ0) is 15.7. The minimum atomic E-state index is -3.90. The summed E-state index contributed by atoms with van der Waals surface area (Å²) in [4.78, 5) is 9.81. The maximum absolute atomic E-state index is 12.4. The lowest BCUT2D eigenvalue weighted by Crippen LogP contribution is -2.47. The Hall–Kier alpha value is -1.71. The average Bonchev–Trinajstić information content (AvgIpc) is 2.37. The third-order valence-corrected chi connectivity index (χ3v) is 5.16. The molecule has 0 saturated heterocycles. The Morgan fingerprint density at radius 1 is 1.45 bits per heavy atom. The summed E-state index contributed by atoms with van der Waals surface area (Å²) < 4.78 is 25.7. The lowest BCUT2D eigenvalue weighted by Gasteiger charge is -2.32. The highest BCUT2D eigenvalue weighted by Crippen LogP contribution is 2.28. The smallest absolute Gasteiger partial charge is 0.292 e. The van der Waals surface area contributed by atoms with E-state index in [1.165, 1.54) is 7.05 Å². The lowest BCUT2D eigenvalue weighted by molar-refractivity contribution is -0.383. The Morgan fingerprint density at radius 2 is 2.00 bits per heavy atom. The molecule has 0 heterocycles. The molecule has 0 spiro atoms. The molecule has 1 aromatic carbocycles. The van der Waals surface area contributed by atoms with Crippen LogP contribution in [-0.4, -0.2) is 41.9 Å². The van der Waals surface area contributed by atoms with E-state index in [9.17, 15) is 23.6 Å². The summed E-state index contributed by atoms with van der Waals surface area (Å²) in [7, 11) is -2.58. The highest BCUT2D eigenvalue weighted by atomic mass is 32.2. The van der Waals surface area contributed by atoms with E-state index in [-0.39, 0.29) is 22.9 Å². The number of rotatable bonds is 5. The first-order valence-electron chi connectivity index (χ1n) is 5.68. The van der Waals surface area contributed by atoms with Crippen molar-refractivity contribution in [2.45, 2.75) is 24.3 Å². The van der Waals surface area contributed by atoms with Crippen LogP contribution >= 0.6 is 0 Å². The largest absolute Gasteiger partial charge is 0.394 e. The number of aliphatic hydroxyl groups is 1. The quantitative estimate of drug-likeness (QED) is 0.465. The van der Waals surface area contributed by atoms with Crippen LogP contribution in [0.2, 0.25) is 0 Å². The van der Waals surface area contributed by atoms with Gasteiger partial charge in [0.15, 0.2) is 0 Å². The Balaban J connectivity index is 3.31. The summed E-state index contributed by atoms with van der Waals surface area (Å²) in [5.74, 6) is 0. The Bertz CT molecular complexity index is 627. The molecule has 0 aromatic heterocycles. The predicted octanol–water partition coefficient (Wildman–Crippen LogP) is 0.568. The minimum Gasteiger partial charge on any atom is -0.394 e. The van der Waals surface area contributed by atoms with Gasteiger partial charge in [-0.3, -0.25) is 10.1 Å². The van der Waals surface area contributed by atoms with Gasteiger partial charge in [0, 0.05) is 13.1 Å². The average molecular weight is 303 g/mol. The maximum atomic E-state index is 12.4. The number of benzene rings is 1. The summed E-state index contributed by atoms with van der Waals surface area (Å²) in [6.45, 7) is 2.74. The molecule has 8 nitrogen and oxygen atoms in total. The highest BCUT2D eigenvalue weighted by Gasteiger charge is 2.34. The van der Waals surface area contributed by atoms with Crippen LogP contribution in [0.3, 0.4) is 0 Å². The number of nitrogen functional groups attached to an aromatic ring is 1. The third kappa shape index (κ3) is 2.89. The molecule has 9 heteroatoms. The van der Waals surface area contributed by atoms with Crippen molar-refractivity contribution in [3.8, 4) is 0 Å². The Labute approximate surface area is 117 Å². The number of sulfonamides is 1. The molecule has 0 bridgehead atoms. The maximum Gasteiger partial charge on any atom is 0.292 e. The van der Waals surface area contributed by atoms with Gasteiger partial charge in [-0.25, -0.2) is 8.42 Å². The molecule has 0 amide bonds. The van der Waals surface area contributed by atoms with Crippen molar-refractivity contribution >= 4 is 21.4 Å². The van der Waals surface area contributed by atoms with Crippen LogP contribution in [0.15, 0.2) is 23.1 Å². The summed E-state index contributed by atoms with van der Waals surface area (Å²) in [5, 5.41) is 19.9. The molecular weight excluding hydrogens is 286 g/mol. The zero-order valence-corrected chi connectivity index (χ0v) is 12.2. The van der Waals surface area contributed by atoms with Gasteiger partial charge < -0.3 is 10.8 Å². The molecular formula is C11H17N3O5S. The topological polar surface area (TPSA) is 127 Å². The molecule has 0 atom stereocenters. The molecule has 0 aliphatic carbocycles. The zero-order valence-electron chi connectivity index (χ0n) is 11.4. The molecule has 0 unspecified atom stereocenters. The molecule has 0 fully saturated rings. The van der Waals surface area contributed by atoms with Crippen molar-refractivity contribution in [1.29, 1.82) is 0 Å². The number of likely N-dealkylation sites (N-methyl/N-ethyl adjacent to an activating group) is 1. The van der Waals surface area contributed by atoms with Crippen LogP contribution in [-0.2, 0) is 10.0 Å². The van der Waals surface area contributed by atoms with Crippen LogP contribution in [0.5, 0.6) is 0 Å². The van der Waals surface area contributed by atoms with Crippen LogP contribution in [0.4, 0.5) is 11.4 Å². The van der Waals surface area contributed by atoms with E-state index in [2.05, 4.69) is 0 Å². The molecule has 0 radical (unpaired) electrons. The molecule has 0 aliphatic rings. The number of hydrogen-bond acceptors (Lipinski definition) is 6. The Morgan fingerprint density at radius 3 is 2.40 bits per heavy atom. The molecule has 3 N–H and O–H groups in total. The van der Waals surface area contributed by atoms with Crippen LogP contribution in [0, 0.1) is 10.1 Å². The fourth-order valence-electron chi connectivity index (χ4n) is 1.44. The van der Waals surface area contributed by atoms with Crippen molar-refractivity contribution in [2.75, 3.05) is 19.4 Å². The van der Waals surface area contributed by atoms with Crippen LogP contribution in [0.1, 0.15) is 13.8 Å². The van der Waals surface area contributed by atoms with Gasteiger partial charge in [0.25, 0.3) is 5.69 Å². The lowest BCUT2D eigenvalue weighted by atomic mass is 10.1. The molecule has 1 rings (SSSR count). The number of nitrogens with two attached hydrogens (primary N) is 1. The second kappa shape index (κ2) is 5.35. The number of nitro benzene ring substituents is 1. The van der Waals surface area contributed by atoms with Gasteiger partial charge in [0.05, 0.1) is 22.0 Å². The second-order valence-electron chi connectivity index (χ2n) is 4.92. The van der Waals surface area contributed by atoms with Gasteiger partial charge in [-0.15, -0.1) is 0 Å². The van der Waals surface area contributed by atoms with Crippen molar-refractivity contribution in [3.05, 3.63) is 28.3 Å². The molecule has 0 saturated carbocycles. The van der Waals surface area contributed by atoms with Gasteiger partial charge in [-0.1, -0.05) is 0 Å². The van der Waals surface area contributed by atoms with Gasteiger partial charge in [-0.05, 0) is 26.0 Å². The first-order chi connectivity index (χ1) is 9.04. The first kappa shape index (κ1) is 16.3. The number of aliphatic hydroxyl groups excluding tert-OH is 1.